The molecule has 0 aliphatic heterocycles. The second-order valence-electron chi connectivity index (χ2n) is 1.30. The van der Waals surface area contributed by atoms with Gasteiger partial charge in [-0.25, -0.2) is 0 Å². The van der Waals surface area contributed by atoms with E-state index in [2.05, 4.69) is 36.7 Å². The number of hydrogen-bond acceptors (Lipinski definition) is 6. The van der Waals surface area contributed by atoms with Crippen molar-refractivity contribution in [3.8, 4) is 0 Å². The Hall–Kier alpha value is -0.657. The smallest absolute Gasteiger partial charge is 0.732 e. The minimum absolute atomic E-state index is 0. The van der Waals surface area contributed by atoms with Crippen LogP contribution in [0.15, 0.2) is 0 Å². The molecule has 0 rings (SSSR count). The van der Waals surface area contributed by atoms with E-state index in [4.69, 9.17) is 0 Å². The summed E-state index contributed by atoms with van der Waals surface area (Å²) in [6.07, 6.45) is 0. The van der Waals surface area contributed by atoms with E-state index < -0.39 is 22.0 Å². The molecular weight excluding hydrogens is 270 g/mol. The Morgan fingerprint density at radius 3 is 0.846 bits per heavy atom. The van der Waals surface area contributed by atoms with Crippen molar-refractivity contribution in [2.75, 3.05) is 0 Å². The van der Waals surface area contributed by atoms with E-state index in [1.807, 2.05) is 0 Å². The van der Waals surface area contributed by atoms with Gasteiger partial charge in [0.1, 0.15) is 0 Å². The predicted octanol–water partition coefficient (Wildman–Crippen LogP) is -2.91. The number of hydrogen-bond donors (Lipinski definition) is 2. The van der Waals surface area contributed by atoms with Crippen molar-refractivity contribution >= 4 is 47.3 Å². The van der Waals surface area contributed by atoms with Crippen LogP contribution in [0.3, 0.4) is 0 Å². The fraction of sp³-hybridized carbons (Fsp3) is 0. The van der Waals surface area contributed by atoms with Gasteiger partial charge in [-0.1, -0.05) is 0 Å². The van der Waals surface area contributed by atoms with Crippen LogP contribution < -0.4 is 11.5 Å². The van der Waals surface area contributed by atoms with Crippen LogP contribution in [0.1, 0.15) is 0 Å². The van der Waals surface area contributed by atoms with Gasteiger partial charge in [-0.2, -0.15) is 0 Å². The first-order valence-corrected chi connectivity index (χ1v) is 3.12. The molecule has 6 nitrogen and oxygen atoms in total. The fourth-order valence-corrected chi connectivity index (χ4v) is 0. The van der Waals surface area contributed by atoms with Gasteiger partial charge in [-0.15, -0.1) is 0 Å². The third kappa shape index (κ3) is 18.4. The summed E-state index contributed by atoms with van der Waals surface area (Å²) in [6, 6.07) is 0. The molecule has 0 aliphatic carbocycles. The van der Waals surface area contributed by atoms with Crippen LogP contribution in [0, 0.1) is 0 Å². The summed E-state index contributed by atoms with van der Waals surface area (Å²) in [4.78, 5) is 37.9. The summed E-state index contributed by atoms with van der Waals surface area (Å²) >= 11 is 7.58. The molecule has 0 aromatic rings. The maximum atomic E-state index is 9.48. The van der Waals surface area contributed by atoms with Crippen molar-refractivity contribution in [2.24, 2.45) is 11.5 Å². The Bertz CT molecular complexity index is 184. The summed E-state index contributed by atoms with van der Waals surface area (Å²) < 4.78 is 0. The molecule has 0 atom stereocenters. The first kappa shape index (κ1) is 18.2. The second-order valence-corrected chi connectivity index (χ2v) is 2.04. The van der Waals surface area contributed by atoms with Crippen molar-refractivity contribution in [3.63, 3.8) is 0 Å². The summed E-state index contributed by atoms with van der Waals surface area (Å²) in [6.45, 7) is 0. The number of carbonyl (C=O) groups excluding carboxylic acids is 4. The molecule has 2 amide bonds. The van der Waals surface area contributed by atoms with Gasteiger partial charge in [0.25, 0.3) is 11.8 Å². The SMILES string of the molecule is NC(=O)C(=O)[S-].NC(=O)C(=O)[S-].[Zn+2]. The number of primary amides is 2. The molecule has 0 radical (unpaired) electrons. The number of nitrogens with two attached hydrogens (primary N) is 2. The van der Waals surface area contributed by atoms with Crippen molar-refractivity contribution in [1.82, 2.24) is 0 Å². The van der Waals surface area contributed by atoms with E-state index in [1.165, 1.54) is 0 Å². The van der Waals surface area contributed by atoms with Crippen molar-refractivity contribution in [1.29, 1.82) is 0 Å². The first-order chi connectivity index (χ1) is 5.29. The molecule has 0 unspecified atom stereocenters. The largest absolute Gasteiger partial charge is 2.00 e. The van der Waals surface area contributed by atoms with E-state index in [1.54, 1.807) is 0 Å². The fourth-order valence-electron chi connectivity index (χ4n) is 0. The standard InChI is InChI=1S/2C2H3NO2S.Zn/c2*3-1(4)2(5)6;/h2*(H2,3,4)(H,5,6);/q;;+2/p-2. The molecule has 0 bridgehead atoms. The maximum absolute atomic E-state index is 9.48. The van der Waals surface area contributed by atoms with E-state index in [0.717, 1.165) is 0 Å². The molecule has 4 N–H and O–H groups in total. The summed E-state index contributed by atoms with van der Waals surface area (Å²) in [5.74, 6) is -2.13. The monoisotopic (exact) mass is 272 g/mol. The summed E-state index contributed by atoms with van der Waals surface area (Å²) in [5, 5.41) is -2.04. The van der Waals surface area contributed by atoms with Crippen molar-refractivity contribution < 1.29 is 38.7 Å². The minimum Gasteiger partial charge on any atom is -0.732 e. The van der Waals surface area contributed by atoms with Gasteiger partial charge in [0, 0.05) is 0 Å². The van der Waals surface area contributed by atoms with Crippen LogP contribution >= 0.6 is 0 Å². The Morgan fingerprint density at radius 1 is 0.769 bits per heavy atom. The molecule has 0 aromatic carbocycles. The zero-order valence-corrected chi connectivity index (χ0v) is 10.9. The second kappa shape index (κ2) is 9.43. The Morgan fingerprint density at radius 2 is 0.846 bits per heavy atom. The van der Waals surface area contributed by atoms with Gasteiger partial charge in [0.2, 0.25) is 0 Å². The van der Waals surface area contributed by atoms with Gasteiger partial charge in [-0.3, -0.25) is 9.59 Å². The Kier molecular flexibility index (Phi) is 13.2. The van der Waals surface area contributed by atoms with Crippen LogP contribution in [0.5, 0.6) is 0 Å². The molecule has 0 heterocycles. The van der Waals surface area contributed by atoms with Crippen molar-refractivity contribution in [3.05, 3.63) is 0 Å². The zero-order chi connectivity index (χ0) is 10.3. The quantitative estimate of drug-likeness (QED) is 0.316. The molecule has 68 valence electrons. The van der Waals surface area contributed by atoms with Crippen molar-refractivity contribution in [2.45, 2.75) is 0 Å². The van der Waals surface area contributed by atoms with E-state index in [-0.39, 0.29) is 19.5 Å². The van der Waals surface area contributed by atoms with Crippen LogP contribution in [0.25, 0.3) is 0 Å². The van der Waals surface area contributed by atoms with Crippen LogP contribution in [0.4, 0.5) is 0 Å². The maximum Gasteiger partial charge on any atom is 2.00 e. The zero-order valence-electron chi connectivity index (χ0n) is 6.31. The Balaban J connectivity index is -0.000000143. The minimum atomic E-state index is -1.06. The van der Waals surface area contributed by atoms with Crippen LogP contribution in [-0.4, -0.2) is 22.0 Å². The van der Waals surface area contributed by atoms with Crippen LogP contribution in [0.2, 0.25) is 0 Å². The van der Waals surface area contributed by atoms with Gasteiger partial charge in [0.05, 0.1) is 10.2 Å². The van der Waals surface area contributed by atoms with E-state index >= 15 is 0 Å². The molecule has 0 saturated carbocycles. The predicted molar refractivity (Wildman–Crippen MR) is 43.1 cm³/mol. The molecule has 9 heteroatoms. The molecule has 0 aliphatic rings. The van der Waals surface area contributed by atoms with Gasteiger partial charge >= 0.3 is 19.5 Å². The van der Waals surface area contributed by atoms with E-state index in [0.29, 0.717) is 0 Å². The number of rotatable bonds is 2. The number of amides is 2. The van der Waals surface area contributed by atoms with Gasteiger partial charge < -0.3 is 46.3 Å². The normalized spacial score (nSPS) is 6.77. The van der Waals surface area contributed by atoms with Gasteiger partial charge in [0.15, 0.2) is 0 Å². The molecule has 0 spiro atoms. The molecule has 0 aromatic heterocycles. The first-order valence-electron chi connectivity index (χ1n) is 2.30. The summed E-state index contributed by atoms with van der Waals surface area (Å²) in [7, 11) is 0. The topological polar surface area (TPSA) is 120 Å². The number of carbonyl (C=O) groups is 4. The average Bonchev–Trinajstić information content (AvgIpc) is 1.88. The average molecular weight is 274 g/mol. The third-order valence-electron chi connectivity index (χ3n) is 0.402. The van der Waals surface area contributed by atoms with Gasteiger partial charge in [-0.05, 0) is 0 Å². The third-order valence-corrected chi connectivity index (χ3v) is 0.805. The molecule has 13 heavy (non-hydrogen) atoms. The van der Waals surface area contributed by atoms with E-state index in [9.17, 15) is 19.2 Å². The Labute approximate surface area is 97.4 Å². The molecular formula is C4H4N2O4S2Zn. The summed E-state index contributed by atoms with van der Waals surface area (Å²) in [5.41, 5.74) is 8.69. The van der Waals surface area contributed by atoms with Crippen LogP contribution in [-0.2, 0) is 63.9 Å². The molecule has 0 fully saturated rings. The molecule has 0 saturated heterocycles.